The molecule has 0 spiro atoms. The van der Waals surface area contributed by atoms with Crippen LogP contribution in [0, 0.1) is 0 Å². The van der Waals surface area contributed by atoms with E-state index in [4.69, 9.17) is 0 Å². The van der Waals surface area contributed by atoms with Crippen LogP contribution in [0.4, 0.5) is 0 Å². The number of aryl methyl sites for hydroxylation is 2. The van der Waals surface area contributed by atoms with Gasteiger partial charge in [-0.3, -0.25) is 0 Å². The molecule has 0 bridgehead atoms. The normalized spacial score (nSPS) is 11.2. The van der Waals surface area contributed by atoms with Crippen LogP contribution in [0.15, 0.2) is 59.3 Å². The molecule has 0 amide bonds. The fraction of sp³-hybridized carbons (Fsp3) is 0.500. The van der Waals surface area contributed by atoms with E-state index in [-0.39, 0.29) is 0 Å². The number of hydrogen-bond donors (Lipinski definition) is 0. The van der Waals surface area contributed by atoms with Gasteiger partial charge >= 0.3 is 0 Å². The van der Waals surface area contributed by atoms with Crippen LogP contribution < -0.4 is 0 Å². The highest BCUT2D eigenvalue weighted by Crippen LogP contribution is 2.37. The lowest BCUT2D eigenvalue weighted by Crippen LogP contribution is -1.92. The first-order valence-corrected chi connectivity index (χ1v) is 14.5. The van der Waals surface area contributed by atoms with Crippen LogP contribution in [0.5, 0.6) is 0 Å². The zero-order valence-electron chi connectivity index (χ0n) is 21.1. The van der Waals surface area contributed by atoms with Crippen molar-refractivity contribution in [1.82, 2.24) is 0 Å². The molecule has 0 aliphatic heterocycles. The van der Waals surface area contributed by atoms with E-state index in [0.717, 1.165) is 0 Å². The molecule has 0 saturated heterocycles. The molecule has 0 fully saturated rings. The van der Waals surface area contributed by atoms with Crippen molar-refractivity contribution in [1.29, 1.82) is 0 Å². The molecule has 178 valence electrons. The maximum Gasteiger partial charge on any atom is 0.000461 e. The van der Waals surface area contributed by atoms with Gasteiger partial charge in [-0.1, -0.05) is 127 Å². The van der Waals surface area contributed by atoms with Crippen molar-refractivity contribution in [3.63, 3.8) is 0 Å². The Hall–Kier alpha value is -1.86. The van der Waals surface area contributed by atoms with E-state index >= 15 is 0 Å². The molecule has 0 saturated carbocycles. The molecular formula is C32H44S. The van der Waals surface area contributed by atoms with Gasteiger partial charge in [-0.15, -0.1) is 0 Å². The fourth-order valence-electron chi connectivity index (χ4n) is 4.83. The molecule has 0 aliphatic carbocycles. The van der Waals surface area contributed by atoms with Crippen LogP contribution in [0.2, 0.25) is 0 Å². The third-order valence-electron chi connectivity index (χ3n) is 6.83. The summed E-state index contributed by atoms with van der Waals surface area (Å²) in [5.74, 6) is 0. The quantitative estimate of drug-likeness (QED) is 0.186. The minimum Gasteiger partial charge on any atom is -0.151 e. The number of hydrogen-bond acceptors (Lipinski definition) is 1. The average molecular weight is 461 g/mol. The Morgan fingerprint density at radius 3 is 1.94 bits per heavy atom. The van der Waals surface area contributed by atoms with E-state index in [1.807, 2.05) is 11.3 Å². The van der Waals surface area contributed by atoms with E-state index in [9.17, 15) is 0 Å². The monoisotopic (exact) mass is 460 g/mol. The number of benzene rings is 2. The van der Waals surface area contributed by atoms with Crippen molar-refractivity contribution in [3.8, 4) is 22.3 Å². The van der Waals surface area contributed by atoms with Gasteiger partial charge in [0.2, 0.25) is 0 Å². The molecule has 2 aromatic carbocycles. The van der Waals surface area contributed by atoms with Gasteiger partial charge in [-0.25, -0.2) is 0 Å². The summed E-state index contributed by atoms with van der Waals surface area (Å²) in [6.07, 6.45) is 18.7. The Kier molecular flexibility index (Phi) is 11.8. The molecule has 1 heterocycles. The van der Waals surface area contributed by atoms with Crippen LogP contribution in [-0.2, 0) is 12.8 Å². The zero-order chi connectivity index (χ0) is 23.1. The van der Waals surface area contributed by atoms with Crippen molar-refractivity contribution < 1.29 is 0 Å². The van der Waals surface area contributed by atoms with E-state index in [2.05, 4.69) is 73.1 Å². The highest BCUT2D eigenvalue weighted by atomic mass is 32.1. The van der Waals surface area contributed by atoms with Crippen LogP contribution in [0.3, 0.4) is 0 Å². The molecule has 0 atom stereocenters. The predicted molar refractivity (Wildman–Crippen MR) is 149 cm³/mol. The van der Waals surface area contributed by atoms with Crippen LogP contribution >= 0.6 is 11.3 Å². The van der Waals surface area contributed by atoms with Crippen molar-refractivity contribution >= 4 is 11.3 Å². The van der Waals surface area contributed by atoms with E-state index < -0.39 is 0 Å². The highest BCUT2D eigenvalue weighted by Gasteiger charge is 2.12. The second-order valence-corrected chi connectivity index (χ2v) is 10.3. The van der Waals surface area contributed by atoms with Crippen molar-refractivity contribution in [2.75, 3.05) is 0 Å². The number of thiophene rings is 1. The average Bonchev–Trinajstić information content (AvgIpc) is 3.34. The van der Waals surface area contributed by atoms with Crippen molar-refractivity contribution in [3.05, 3.63) is 70.4 Å². The van der Waals surface area contributed by atoms with E-state index in [1.54, 1.807) is 0 Å². The molecule has 1 aromatic heterocycles. The first-order chi connectivity index (χ1) is 16.3. The summed E-state index contributed by atoms with van der Waals surface area (Å²) in [6.45, 7) is 4.58. The van der Waals surface area contributed by atoms with Gasteiger partial charge in [0.1, 0.15) is 0 Å². The zero-order valence-corrected chi connectivity index (χ0v) is 21.9. The standard InChI is InChI=1S/C32H44S/c1-3-5-7-9-11-13-18-27-19-17-22-29(24-27)31-25-33-26-32(31)30-23-16-15-21-28(30)20-14-12-10-8-6-4-2/h15-17,19,21-26H,3-14,18,20H2,1-2H3. The summed E-state index contributed by atoms with van der Waals surface area (Å²) in [7, 11) is 0. The Balaban J connectivity index is 1.65. The third kappa shape index (κ3) is 8.45. The molecule has 3 aromatic rings. The summed E-state index contributed by atoms with van der Waals surface area (Å²) in [5.41, 5.74) is 8.63. The van der Waals surface area contributed by atoms with Gasteiger partial charge < -0.3 is 0 Å². The van der Waals surface area contributed by atoms with Gasteiger partial charge in [-0.2, -0.15) is 11.3 Å². The second-order valence-electron chi connectivity index (χ2n) is 9.59. The van der Waals surface area contributed by atoms with Crippen molar-refractivity contribution in [2.45, 2.75) is 104 Å². The lowest BCUT2D eigenvalue weighted by Gasteiger charge is -2.12. The molecular weight excluding hydrogens is 416 g/mol. The van der Waals surface area contributed by atoms with Crippen LogP contribution in [-0.4, -0.2) is 0 Å². The highest BCUT2D eigenvalue weighted by molar-refractivity contribution is 7.08. The maximum absolute atomic E-state index is 2.44. The Bertz CT molecular complexity index is 920. The summed E-state index contributed by atoms with van der Waals surface area (Å²) in [4.78, 5) is 0. The lowest BCUT2D eigenvalue weighted by atomic mass is 9.92. The van der Waals surface area contributed by atoms with Gasteiger partial charge in [0, 0.05) is 11.1 Å². The molecule has 1 heteroatoms. The lowest BCUT2D eigenvalue weighted by molar-refractivity contribution is 0.607. The summed E-state index contributed by atoms with van der Waals surface area (Å²) < 4.78 is 0. The summed E-state index contributed by atoms with van der Waals surface area (Å²) >= 11 is 1.84. The smallest absolute Gasteiger partial charge is 0.000461 e. The Morgan fingerprint density at radius 2 is 1.18 bits per heavy atom. The van der Waals surface area contributed by atoms with Gasteiger partial charge in [0.25, 0.3) is 0 Å². The third-order valence-corrected chi connectivity index (χ3v) is 7.57. The topological polar surface area (TPSA) is 0 Å². The van der Waals surface area contributed by atoms with E-state index in [1.165, 1.54) is 123 Å². The molecule has 0 aliphatic rings. The van der Waals surface area contributed by atoms with Gasteiger partial charge in [0.05, 0.1) is 0 Å². The molecule has 0 unspecified atom stereocenters. The van der Waals surface area contributed by atoms with E-state index in [0.29, 0.717) is 0 Å². The molecule has 0 N–H and O–H groups in total. The van der Waals surface area contributed by atoms with Crippen LogP contribution in [0.1, 0.15) is 102 Å². The first-order valence-electron chi connectivity index (χ1n) is 13.6. The number of rotatable bonds is 16. The summed E-state index contributed by atoms with van der Waals surface area (Å²) in [6, 6.07) is 18.4. The molecule has 33 heavy (non-hydrogen) atoms. The maximum atomic E-state index is 2.44. The first kappa shape index (κ1) is 25.8. The van der Waals surface area contributed by atoms with Gasteiger partial charge in [0.15, 0.2) is 0 Å². The minimum absolute atomic E-state index is 1.19. The molecule has 3 rings (SSSR count). The molecule has 0 radical (unpaired) electrons. The number of unbranched alkanes of at least 4 members (excludes halogenated alkanes) is 10. The van der Waals surface area contributed by atoms with Gasteiger partial charge in [-0.05, 0) is 58.7 Å². The van der Waals surface area contributed by atoms with Crippen molar-refractivity contribution in [2.24, 2.45) is 0 Å². The Labute approximate surface area is 207 Å². The largest absolute Gasteiger partial charge is 0.151 e. The Morgan fingerprint density at radius 1 is 0.545 bits per heavy atom. The molecule has 0 nitrogen and oxygen atoms in total. The summed E-state index contributed by atoms with van der Waals surface area (Å²) in [5, 5.41) is 4.70. The SMILES string of the molecule is CCCCCCCCc1cccc(-c2cscc2-c2ccccc2CCCCCCCC)c1. The minimum atomic E-state index is 1.19. The predicted octanol–water partition coefficient (Wildman–Crippen LogP) is 10.9. The fourth-order valence-corrected chi connectivity index (χ4v) is 5.69. The van der Waals surface area contributed by atoms with Crippen LogP contribution in [0.25, 0.3) is 22.3 Å². The second kappa shape index (κ2) is 15.1.